The van der Waals surface area contributed by atoms with Gasteiger partial charge in [-0.25, -0.2) is 0 Å². The monoisotopic (exact) mass is 464 g/mol. The van der Waals surface area contributed by atoms with Crippen LogP contribution in [-0.2, 0) is 22.6 Å². The summed E-state index contributed by atoms with van der Waals surface area (Å²) >= 11 is 9.63. The summed E-state index contributed by atoms with van der Waals surface area (Å²) in [5.74, 6) is -0.202. The molecule has 6 heteroatoms. The molecular formula is C22H26BrClN2O2. The average molecular weight is 466 g/mol. The third-order valence-corrected chi connectivity index (χ3v) is 5.45. The Hall–Kier alpha value is -1.85. The van der Waals surface area contributed by atoms with Gasteiger partial charge in [0.25, 0.3) is 0 Å². The molecule has 28 heavy (non-hydrogen) atoms. The fourth-order valence-electron chi connectivity index (χ4n) is 2.85. The number of nitrogens with one attached hydrogen (secondary N) is 1. The van der Waals surface area contributed by atoms with Gasteiger partial charge in [0, 0.05) is 29.0 Å². The van der Waals surface area contributed by atoms with Crippen molar-refractivity contribution in [2.24, 2.45) is 0 Å². The maximum absolute atomic E-state index is 13.0. The van der Waals surface area contributed by atoms with Gasteiger partial charge in [0.15, 0.2) is 0 Å². The molecule has 0 aliphatic rings. The first-order valence-electron chi connectivity index (χ1n) is 9.47. The Morgan fingerprint density at radius 3 is 2.46 bits per heavy atom. The minimum absolute atomic E-state index is 0.0676. The van der Waals surface area contributed by atoms with Gasteiger partial charge in [-0.2, -0.15) is 0 Å². The molecule has 0 bridgehead atoms. The molecule has 1 N–H and O–H groups in total. The lowest BCUT2D eigenvalue weighted by Gasteiger charge is -2.29. The molecule has 0 radical (unpaired) electrons. The van der Waals surface area contributed by atoms with Crippen molar-refractivity contribution in [2.45, 2.75) is 45.7 Å². The second-order valence-electron chi connectivity index (χ2n) is 6.71. The third-order valence-electron chi connectivity index (χ3n) is 4.55. The summed E-state index contributed by atoms with van der Waals surface area (Å²) < 4.78 is 0.974. The summed E-state index contributed by atoms with van der Waals surface area (Å²) in [5, 5.41) is 3.54. The van der Waals surface area contributed by atoms with Gasteiger partial charge in [-0.3, -0.25) is 9.59 Å². The minimum Gasteiger partial charge on any atom is -0.354 e. The first kappa shape index (κ1) is 22.4. The Kier molecular flexibility index (Phi) is 9.00. The number of carbonyl (C=O) groups is 2. The zero-order valence-corrected chi connectivity index (χ0v) is 18.6. The van der Waals surface area contributed by atoms with Crippen molar-refractivity contribution in [1.82, 2.24) is 10.2 Å². The van der Waals surface area contributed by atoms with Gasteiger partial charge in [0.05, 0.1) is 0 Å². The lowest BCUT2D eigenvalue weighted by atomic mass is 10.1. The summed E-state index contributed by atoms with van der Waals surface area (Å²) in [5.41, 5.74) is 1.91. The molecule has 0 spiro atoms. The van der Waals surface area contributed by atoms with Gasteiger partial charge in [-0.1, -0.05) is 64.8 Å². The average Bonchev–Trinajstić information content (AvgIpc) is 2.70. The van der Waals surface area contributed by atoms with Crippen LogP contribution in [0, 0.1) is 0 Å². The summed E-state index contributed by atoms with van der Waals surface area (Å²) in [7, 11) is 0. The molecule has 0 aromatic heterocycles. The van der Waals surface area contributed by atoms with Crippen LogP contribution in [0.3, 0.4) is 0 Å². The predicted octanol–water partition coefficient (Wildman–Crippen LogP) is 4.98. The highest BCUT2D eigenvalue weighted by Crippen LogP contribution is 2.19. The number of halogens is 2. The van der Waals surface area contributed by atoms with E-state index in [0.29, 0.717) is 31.0 Å². The van der Waals surface area contributed by atoms with Gasteiger partial charge in [0.1, 0.15) is 6.04 Å². The third kappa shape index (κ3) is 6.64. The summed E-state index contributed by atoms with van der Waals surface area (Å²) in [6.45, 7) is 4.76. The van der Waals surface area contributed by atoms with Crippen molar-refractivity contribution in [3.05, 3.63) is 69.2 Å². The normalized spacial score (nSPS) is 11.7. The molecule has 2 rings (SSSR count). The molecule has 0 fully saturated rings. The molecule has 2 amide bonds. The van der Waals surface area contributed by atoms with Crippen LogP contribution >= 0.6 is 27.5 Å². The van der Waals surface area contributed by atoms with E-state index in [1.54, 1.807) is 11.8 Å². The van der Waals surface area contributed by atoms with Crippen LogP contribution in [0.25, 0.3) is 0 Å². The standard InChI is InChI=1S/C22H26BrClN2O2/c1-3-14-25-22(28)16(2)26(15-17-8-11-19(23)12-9-17)21(27)13-10-18-6-4-5-7-20(18)24/h4-9,11-12,16H,3,10,13-15H2,1-2H3,(H,25,28). The fraction of sp³-hybridized carbons (Fsp3) is 0.364. The minimum atomic E-state index is -0.547. The van der Waals surface area contributed by atoms with E-state index in [2.05, 4.69) is 21.2 Å². The Morgan fingerprint density at radius 1 is 1.14 bits per heavy atom. The van der Waals surface area contributed by atoms with E-state index in [9.17, 15) is 9.59 Å². The van der Waals surface area contributed by atoms with Crippen LogP contribution in [-0.4, -0.2) is 29.3 Å². The maximum atomic E-state index is 13.0. The Morgan fingerprint density at radius 2 is 1.82 bits per heavy atom. The molecule has 4 nitrogen and oxygen atoms in total. The first-order chi connectivity index (χ1) is 13.4. The van der Waals surface area contributed by atoms with E-state index in [4.69, 9.17) is 11.6 Å². The van der Waals surface area contributed by atoms with E-state index in [-0.39, 0.29) is 11.8 Å². The van der Waals surface area contributed by atoms with Gasteiger partial charge < -0.3 is 10.2 Å². The largest absolute Gasteiger partial charge is 0.354 e. The Labute approximate surface area is 180 Å². The van der Waals surface area contributed by atoms with Crippen LogP contribution in [0.2, 0.25) is 5.02 Å². The van der Waals surface area contributed by atoms with Crippen molar-refractivity contribution < 1.29 is 9.59 Å². The van der Waals surface area contributed by atoms with E-state index in [0.717, 1.165) is 22.0 Å². The van der Waals surface area contributed by atoms with Crippen molar-refractivity contribution >= 4 is 39.3 Å². The summed E-state index contributed by atoms with van der Waals surface area (Å²) in [6.07, 6.45) is 1.69. The SMILES string of the molecule is CCCNC(=O)C(C)N(Cc1ccc(Br)cc1)C(=O)CCc1ccccc1Cl. The molecule has 1 atom stereocenters. The van der Waals surface area contributed by atoms with E-state index in [1.165, 1.54) is 0 Å². The summed E-state index contributed by atoms with van der Waals surface area (Å²) in [6, 6.07) is 14.7. The van der Waals surface area contributed by atoms with Crippen molar-refractivity contribution in [3.8, 4) is 0 Å². The van der Waals surface area contributed by atoms with Gasteiger partial charge in [0.2, 0.25) is 11.8 Å². The number of benzene rings is 2. The topological polar surface area (TPSA) is 49.4 Å². The molecule has 150 valence electrons. The Balaban J connectivity index is 2.13. The number of nitrogens with zero attached hydrogens (tertiary/aromatic N) is 1. The molecule has 0 saturated carbocycles. The lowest BCUT2D eigenvalue weighted by molar-refractivity contribution is -0.140. The highest BCUT2D eigenvalue weighted by Gasteiger charge is 2.25. The number of hydrogen-bond donors (Lipinski definition) is 1. The fourth-order valence-corrected chi connectivity index (χ4v) is 3.35. The predicted molar refractivity (Wildman–Crippen MR) is 117 cm³/mol. The highest BCUT2D eigenvalue weighted by molar-refractivity contribution is 9.10. The molecular weight excluding hydrogens is 440 g/mol. The lowest BCUT2D eigenvalue weighted by Crippen LogP contribution is -2.47. The van der Waals surface area contributed by atoms with Crippen molar-refractivity contribution in [2.75, 3.05) is 6.54 Å². The van der Waals surface area contributed by atoms with Crippen molar-refractivity contribution in [3.63, 3.8) is 0 Å². The van der Waals surface area contributed by atoms with E-state index >= 15 is 0 Å². The number of aryl methyl sites for hydroxylation is 1. The van der Waals surface area contributed by atoms with Crippen LogP contribution in [0.5, 0.6) is 0 Å². The van der Waals surface area contributed by atoms with Crippen LogP contribution < -0.4 is 5.32 Å². The summed E-state index contributed by atoms with van der Waals surface area (Å²) in [4.78, 5) is 27.1. The molecule has 0 saturated heterocycles. The van der Waals surface area contributed by atoms with Gasteiger partial charge in [-0.05, 0) is 49.1 Å². The van der Waals surface area contributed by atoms with Crippen LogP contribution in [0.15, 0.2) is 53.0 Å². The molecule has 2 aromatic carbocycles. The van der Waals surface area contributed by atoms with E-state index in [1.807, 2.05) is 55.5 Å². The molecule has 2 aromatic rings. The van der Waals surface area contributed by atoms with Crippen LogP contribution in [0.4, 0.5) is 0 Å². The molecule has 1 unspecified atom stereocenters. The quantitative estimate of drug-likeness (QED) is 0.568. The van der Waals surface area contributed by atoms with Gasteiger partial charge in [-0.15, -0.1) is 0 Å². The molecule has 0 aliphatic carbocycles. The zero-order chi connectivity index (χ0) is 20.5. The number of hydrogen-bond acceptors (Lipinski definition) is 2. The maximum Gasteiger partial charge on any atom is 0.242 e. The second-order valence-corrected chi connectivity index (χ2v) is 8.03. The Bertz CT molecular complexity index is 795. The number of carbonyl (C=O) groups excluding carboxylic acids is 2. The first-order valence-corrected chi connectivity index (χ1v) is 10.6. The highest BCUT2D eigenvalue weighted by atomic mass is 79.9. The number of amides is 2. The van der Waals surface area contributed by atoms with E-state index < -0.39 is 6.04 Å². The van der Waals surface area contributed by atoms with Crippen LogP contribution in [0.1, 0.15) is 37.8 Å². The van der Waals surface area contributed by atoms with Gasteiger partial charge >= 0.3 is 0 Å². The zero-order valence-electron chi connectivity index (χ0n) is 16.3. The smallest absolute Gasteiger partial charge is 0.242 e. The molecule has 0 aliphatic heterocycles. The second kappa shape index (κ2) is 11.2. The van der Waals surface area contributed by atoms with Crippen molar-refractivity contribution in [1.29, 1.82) is 0 Å². The molecule has 0 heterocycles. The number of rotatable bonds is 9.